The molecule has 2 fully saturated rings. The van der Waals surface area contributed by atoms with Gasteiger partial charge in [-0.05, 0) is 31.6 Å². The molecule has 1 saturated heterocycles. The summed E-state index contributed by atoms with van der Waals surface area (Å²) in [5, 5.41) is 6.99. The number of carbonyl (C=O) groups excluding carboxylic acids is 2. The second kappa shape index (κ2) is 7.56. The van der Waals surface area contributed by atoms with E-state index < -0.39 is 5.54 Å². The highest BCUT2D eigenvalue weighted by molar-refractivity contribution is 5.93. The number of piperidine rings is 1. The monoisotopic (exact) mass is 347 g/mol. The van der Waals surface area contributed by atoms with Crippen molar-refractivity contribution in [3.05, 3.63) is 18.0 Å². The zero-order chi connectivity index (χ0) is 17.9. The third kappa shape index (κ3) is 4.21. The maximum Gasteiger partial charge on any atom is 0.254 e. The van der Waals surface area contributed by atoms with Gasteiger partial charge in [-0.1, -0.05) is 19.3 Å². The minimum atomic E-state index is -0.639. The van der Waals surface area contributed by atoms with Crippen LogP contribution >= 0.6 is 0 Å². The largest absolute Gasteiger partial charge is 0.352 e. The van der Waals surface area contributed by atoms with Crippen molar-refractivity contribution in [3.8, 4) is 0 Å². The van der Waals surface area contributed by atoms with Gasteiger partial charge in [0.25, 0.3) is 5.91 Å². The molecule has 3 N–H and O–H groups in total. The molecule has 0 aromatic carbocycles. The molecule has 2 amide bonds. The van der Waals surface area contributed by atoms with Crippen LogP contribution in [-0.2, 0) is 11.8 Å². The van der Waals surface area contributed by atoms with E-state index in [1.54, 1.807) is 24.1 Å². The van der Waals surface area contributed by atoms with Gasteiger partial charge in [-0.2, -0.15) is 5.10 Å². The third-order valence-electron chi connectivity index (χ3n) is 5.59. The topological polar surface area (TPSA) is 93.2 Å². The van der Waals surface area contributed by atoms with E-state index in [1.807, 2.05) is 4.90 Å². The number of nitrogens with zero attached hydrogens (tertiary/aromatic N) is 3. The van der Waals surface area contributed by atoms with Gasteiger partial charge in [-0.3, -0.25) is 14.3 Å². The summed E-state index contributed by atoms with van der Waals surface area (Å²) < 4.78 is 1.62. The lowest BCUT2D eigenvalue weighted by Crippen LogP contribution is -2.57. The molecule has 0 spiro atoms. The van der Waals surface area contributed by atoms with Gasteiger partial charge >= 0.3 is 0 Å². The Morgan fingerprint density at radius 1 is 1.28 bits per heavy atom. The Morgan fingerprint density at radius 3 is 2.56 bits per heavy atom. The summed E-state index contributed by atoms with van der Waals surface area (Å²) >= 11 is 0. The Hall–Kier alpha value is -1.89. The maximum absolute atomic E-state index is 12.8. The van der Waals surface area contributed by atoms with Crippen molar-refractivity contribution in [2.24, 2.45) is 18.7 Å². The zero-order valence-corrected chi connectivity index (χ0v) is 15.0. The summed E-state index contributed by atoms with van der Waals surface area (Å²) in [5.41, 5.74) is 6.32. The summed E-state index contributed by atoms with van der Waals surface area (Å²) in [6.07, 6.45) is 10.0. The summed E-state index contributed by atoms with van der Waals surface area (Å²) in [6, 6.07) is 0. The lowest BCUT2D eigenvalue weighted by molar-refractivity contribution is -0.139. The average molecular weight is 347 g/mol. The number of hydrogen-bond acceptors (Lipinski definition) is 4. The molecule has 3 rings (SSSR count). The van der Waals surface area contributed by atoms with E-state index in [2.05, 4.69) is 10.4 Å². The van der Waals surface area contributed by atoms with Crippen LogP contribution < -0.4 is 11.1 Å². The van der Waals surface area contributed by atoms with E-state index >= 15 is 0 Å². The number of aromatic nitrogens is 2. The number of rotatable bonds is 4. The molecule has 1 saturated carbocycles. The fourth-order valence-corrected chi connectivity index (χ4v) is 3.93. The summed E-state index contributed by atoms with van der Waals surface area (Å²) in [6.45, 7) is 2.12. The molecule has 1 aliphatic carbocycles. The molecular formula is C18H29N5O2. The standard InChI is InChI=1S/C18H29N5O2/c1-22-13-15(12-21-22)16(24)20-11-14-5-9-23(10-6-14)17(25)18(19)7-3-2-4-8-18/h12-14H,2-11,19H2,1H3,(H,20,24). The molecule has 2 heterocycles. The zero-order valence-electron chi connectivity index (χ0n) is 15.0. The van der Waals surface area contributed by atoms with E-state index in [9.17, 15) is 9.59 Å². The molecule has 1 aromatic heterocycles. The second-order valence-corrected chi connectivity index (χ2v) is 7.57. The predicted octanol–water partition coefficient (Wildman–Crippen LogP) is 1.05. The van der Waals surface area contributed by atoms with E-state index in [0.29, 0.717) is 18.0 Å². The second-order valence-electron chi connectivity index (χ2n) is 7.57. The van der Waals surface area contributed by atoms with Crippen LogP contribution in [0.5, 0.6) is 0 Å². The smallest absolute Gasteiger partial charge is 0.254 e. The lowest BCUT2D eigenvalue weighted by atomic mass is 9.81. The Kier molecular flexibility index (Phi) is 5.42. The average Bonchev–Trinajstić information content (AvgIpc) is 3.07. The van der Waals surface area contributed by atoms with Crippen LogP contribution in [0, 0.1) is 5.92 Å². The first-order valence-corrected chi connectivity index (χ1v) is 9.33. The highest BCUT2D eigenvalue weighted by Gasteiger charge is 2.39. The van der Waals surface area contributed by atoms with Crippen LogP contribution in [0.25, 0.3) is 0 Å². The molecule has 2 aliphatic rings. The van der Waals surface area contributed by atoms with Crippen LogP contribution in [0.4, 0.5) is 0 Å². The van der Waals surface area contributed by atoms with Crippen molar-refractivity contribution in [1.82, 2.24) is 20.0 Å². The molecule has 1 aromatic rings. The maximum atomic E-state index is 12.8. The molecule has 0 unspecified atom stereocenters. The Balaban J connectivity index is 1.44. The van der Waals surface area contributed by atoms with Crippen LogP contribution in [0.1, 0.15) is 55.3 Å². The van der Waals surface area contributed by atoms with Crippen molar-refractivity contribution in [2.45, 2.75) is 50.5 Å². The van der Waals surface area contributed by atoms with Crippen molar-refractivity contribution in [3.63, 3.8) is 0 Å². The van der Waals surface area contributed by atoms with Gasteiger partial charge in [0.2, 0.25) is 5.91 Å². The molecule has 0 atom stereocenters. The molecule has 0 bridgehead atoms. The quantitative estimate of drug-likeness (QED) is 0.851. The Morgan fingerprint density at radius 2 is 1.96 bits per heavy atom. The van der Waals surface area contributed by atoms with E-state index in [4.69, 9.17) is 5.73 Å². The van der Waals surface area contributed by atoms with Crippen molar-refractivity contribution >= 4 is 11.8 Å². The summed E-state index contributed by atoms with van der Waals surface area (Å²) in [7, 11) is 1.79. The normalized spacial score (nSPS) is 21.1. The number of likely N-dealkylation sites (tertiary alicyclic amines) is 1. The van der Waals surface area contributed by atoms with E-state index in [1.165, 1.54) is 6.42 Å². The predicted molar refractivity (Wildman–Crippen MR) is 94.8 cm³/mol. The third-order valence-corrected chi connectivity index (χ3v) is 5.59. The Labute approximate surface area is 148 Å². The Bertz CT molecular complexity index is 613. The SMILES string of the molecule is Cn1cc(C(=O)NCC2CCN(C(=O)C3(N)CCCCC3)CC2)cn1. The van der Waals surface area contributed by atoms with E-state index in [-0.39, 0.29) is 11.8 Å². The van der Waals surface area contributed by atoms with Crippen LogP contribution in [0.3, 0.4) is 0 Å². The first-order valence-electron chi connectivity index (χ1n) is 9.33. The number of hydrogen-bond donors (Lipinski definition) is 2. The highest BCUT2D eigenvalue weighted by atomic mass is 16.2. The van der Waals surface area contributed by atoms with E-state index in [0.717, 1.165) is 51.6 Å². The van der Waals surface area contributed by atoms with Gasteiger partial charge in [0.1, 0.15) is 0 Å². The van der Waals surface area contributed by atoms with Gasteiger partial charge in [-0.25, -0.2) is 0 Å². The van der Waals surface area contributed by atoms with Crippen LogP contribution in [0.2, 0.25) is 0 Å². The molecule has 0 radical (unpaired) electrons. The fourth-order valence-electron chi connectivity index (χ4n) is 3.93. The molecular weight excluding hydrogens is 318 g/mol. The first-order chi connectivity index (χ1) is 12.0. The van der Waals surface area contributed by atoms with Gasteiger partial charge in [-0.15, -0.1) is 0 Å². The van der Waals surface area contributed by atoms with Gasteiger partial charge in [0, 0.05) is 32.9 Å². The number of aryl methyl sites for hydroxylation is 1. The highest BCUT2D eigenvalue weighted by Crippen LogP contribution is 2.29. The van der Waals surface area contributed by atoms with Gasteiger partial charge in [0.05, 0.1) is 17.3 Å². The molecule has 1 aliphatic heterocycles. The van der Waals surface area contributed by atoms with Crippen molar-refractivity contribution < 1.29 is 9.59 Å². The summed E-state index contributed by atoms with van der Waals surface area (Å²) in [4.78, 5) is 26.8. The van der Waals surface area contributed by atoms with Crippen molar-refractivity contribution in [1.29, 1.82) is 0 Å². The lowest BCUT2D eigenvalue weighted by Gasteiger charge is -2.40. The van der Waals surface area contributed by atoms with Gasteiger partial charge < -0.3 is 16.0 Å². The molecule has 7 nitrogen and oxygen atoms in total. The van der Waals surface area contributed by atoms with Crippen LogP contribution in [0.15, 0.2) is 12.4 Å². The number of nitrogens with one attached hydrogen (secondary N) is 1. The van der Waals surface area contributed by atoms with Crippen molar-refractivity contribution in [2.75, 3.05) is 19.6 Å². The molecule has 7 heteroatoms. The first kappa shape index (κ1) is 17.9. The number of nitrogens with two attached hydrogens (primary N) is 1. The fraction of sp³-hybridized carbons (Fsp3) is 0.722. The number of amides is 2. The number of carbonyl (C=O) groups is 2. The minimum Gasteiger partial charge on any atom is -0.352 e. The molecule has 138 valence electrons. The molecule has 25 heavy (non-hydrogen) atoms. The van der Waals surface area contributed by atoms with Crippen LogP contribution in [-0.4, -0.2) is 51.7 Å². The van der Waals surface area contributed by atoms with Gasteiger partial charge in [0.15, 0.2) is 0 Å². The minimum absolute atomic E-state index is 0.0882. The summed E-state index contributed by atoms with van der Waals surface area (Å²) in [5.74, 6) is 0.449.